The molecule has 1 aromatic carbocycles. The van der Waals surface area contributed by atoms with Crippen molar-refractivity contribution in [2.24, 2.45) is 0 Å². The number of pyridine rings is 1. The average molecular weight is 357 g/mol. The van der Waals surface area contributed by atoms with Crippen LogP contribution in [0.25, 0.3) is 22.4 Å². The van der Waals surface area contributed by atoms with E-state index in [2.05, 4.69) is 56.6 Å². The zero-order valence-electron chi connectivity index (χ0n) is 15.9. The Morgan fingerprint density at radius 1 is 0.889 bits per heavy atom. The number of nitrogens with zero attached hydrogens (tertiary/aromatic N) is 4. The molecule has 27 heavy (non-hydrogen) atoms. The number of fused-ring (bicyclic) bond motifs is 2. The van der Waals surface area contributed by atoms with Gasteiger partial charge in [0.05, 0.1) is 17.3 Å². The summed E-state index contributed by atoms with van der Waals surface area (Å²) < 4.78 is 0. The summed E-state index contributed by atoms with van der Waals surface area (Å²) in [4.78, 5) is 14.0. The van der Waals surface area contributed by atoms with Crippen LogP contribution in [0.3, 0.4) is 0 Å². The highest BCUT2D eigenvalue weighted by atomic mass is 15.1. The number of nitrogens with one attached hydrogen (secondary N) is 1. The second-order valence-electron chi connectivity index (χ2n) is 6.57. The van der Waals surface area contributed by atoms with Crippen LogP contribution in [0.1, 0.15) is 42.4 Å². The van der Waals surface area contributed by atoms with Gasteiger partial charge in [-0.2, -0.15) is 5.10 Å². The standard InChI is InChI=1S/C20H17N5.C2H6/c1-12-22-19(16-11-21-25-20(16)23-12)18-8-4-7-17(24-18)15-9-13-5-2-3-6-14(13)10-15;1-2/h2-8,11,15H,9-10H2,1H3,(H,21,22,23,25);1-2H3. The van der Waals surface area contributed by atoms with Crippen LogP contribution < -0.4 is 0 Å². The molecule has 1 aliphatic carbocycles. The summed E-state index contributed by atoms with van der Waals surface area (Å²) in [5.74, 6) is 1.15. The number of benzene rings is 1. The SMILES string of the molecule is CC.Cc1nc(-c2cccc(C3Cc4ccccc4C3)n2)c2cn[nH]c2n1. The van der Waals surface area contributed by atoms with E-state index in [1.54, 1.807) is 6.20 Å². The molecule has 5 nitrogen and oxygen atoms in total. The quantitative estimate of drug-likeness (QED) is 0.568. The molecule has 5 heteroatoms. The fourth-order valence-corrected chi connectivity index (χ4v) is 3.72. The van der Waals surface area contributed by atoms with Gasteiger partial charge < -0.3 is 0 Å². The normalized spacial score (nSPS) is 13.3. The molecular formula is C22H23N5. The van der Waals surface area contributed by atoms with Crippen molar-refractivity contribution in [3.63, 3.8) is 0 Å². The summed E-state index contributed by atoms with van der Waals surface area (Å²) >= 11 is 0. The molecule has 0 saturated heterocycles. The van der Waals surface area contributed by atoms with Gasteiger partial charge in [-0.3, -0.25) is 10.1 Å². The van der Waals surface area contributed by atoms with Crippen LogP contribution in [-0.4, -0.2) is 25.1 Å². The molecule has 5 rings (SSSR count). The number of aromatic nitrogens is 5. The van der Waals surface area contributed by atoms with Gasteiger partial charge in [-0.25, -0.2) is 9.97 Å². The van der Waals surface area contributed by atoms with Gasteiger partial charge in [0, 0.05) is 11.6 Å². The molecule has 0 spiro atoms. The maximum absolute atomic E-state index is 4.95. The summed E-state index contributed by atoms with van der Waals surface area (Å²) in [7, 11) is 0. The van der Waals surface area contributed by atoms with E-state index in [-0.39, 0.29) is 0 Å². The highest BCUT2D eigenvalue weighted by Crippen LogP contribution is 2.34. The summed E-state index contributed by atoms with van der Waals surface area (Å²) in [5, 5.41) is 7.93. The Bertz CT molecular complexity index is 1060. The molecule has 0 bridgehead atoms. The Morgan fingerprint density at radius 2 is 1.63 bits per heavy atom. The molecule has 0 atom stereocenters. The predicted molar refractivity (Wildman–Crippen MR) is 108 cm³/mol. The third-order valence-corrected chi connectivity index (χ3v) is 4.90. The highest BCUT2D eigenvalue weighted by molar-refractivity contribution is 5.88. The van der Waals surface area contributed by atoms with Crippen LogP contribution >= 0.6 is 0 Å². The molecule has 0 amide bonds. The largest absolute Gasteiger partial charge is 0.261 e. The second kappa shape index (κ2) is 7.27. The predicted octanol–water partition coefficient (Wildman–Crippen LogP) is 4.63. The fourth-order valence-electron chi connectivity index (χ4n) is 3.72. The Morgan fingerprint density at radius 3 is 2.37 bits per heavy atom. The van der Waals surface area contributed by atoms with E-state index >= 15 is 0 Å². The Balaban J connectivity index is 0.000000872. The van der Waals surface area contributed by atoms with Gasteiger partial charge in [-0.05, 0) is 43.0 Å². The molecule has 136 valence electrons. The van der Waals surface area contributed by atoms with Crippen LogP contribution in [-0.2, 0) is 12.8 Å². The van der Waals surface area contributed by atoms with Gasteiger partial charge >= 0.3 is 0 Å². The summed E-state index contributed by atoms with van der Waals surface area (Å²) in [6, 6.07) is 14.9. The molecule has 0 unspecified atom stereocenters. The molecule has 0 saturated carbocycles. The van der Waals surface area contributed by atoms with Crippen molar-refractivity contribution in [1.29, 1.82) is 0 Å². The van der Waals surface area contributed by atoms with E-state index in [1.165, 1.54) is 11.1 Å². The van der Waals surface area contributed by atoms with Crippen molar-refractivity contribution < 1.29 is 0 Å². The first-order valence-electron chi connectivity index (χ1n) is 9.50. The third kappa shape index (κ3) is 3.21. The highest BCUT2D eigenvalue weighted by Gasteiger charge is 2.24. The number of rotatable bonds is 2. The third-order valence-electron chi connectivity index (χ3n) is 4.90. The molecule has 1 N–H and O–H groups in total. The molecule has 3 heterocycles. The van der Waals surface area contributed by atoms with E-state index in [4.69, 9.17) is 4.98 Å². The van der Waals surface area contributed by atoms with Crippen LogP contribution in [0.5, 0.6) is 0 Å². The van der Waals surface area contributed by atoms with Gasteiger partial charge in [0.2, 0.25) is 0 Å². The molecule has 4 aromatic rings. The van der Waals surface area contributed by atoms with Crippen molar-refractivity contribution in [2.75, 3.05) is 0 Å². The van der Waals surface area contributed by atoms with E-state index in [9.17, 15) is 0 Å². The zero-order valence-corrected chi connectivity index (χ0v) is 15.9. The molecule has 1 aliphatic rings. The Hall–Kier alpha value is -3.08. The monoisotopic (exact) mass is 357 g/mol. The van der Waals surface area contributed by atoms with Gasteiger partial charge in [-0.15, -0.1) is 0 Å². The first-order valence-corrected chi connectivity index (χ1v) is 9.50. The first kappa shape index (κ1) is 17.3. The van der Waals surface area contributed by atoms with Crippen LogP contribution in [0.2, 0.25) is 0 Å². The van der Waals surface area contributed by atoms with E-state index in [0.717, 1.165) is 41.0 Å². The Kier molecular flexibility index (Phi) is 4.67. The van der Waals surface area contributed by atoms with Gasteiger partial charge in [0.15, 0.2) is 5.65 Å². The minimum Gasteiger partial charge on any atom is -0.261 e. The van der Waals surface area contributed by atoms with Gasteiger partial charge in [0.1, 0.15) is 11.5 Å². The second-order valence-corrected chi connectivity index (χ2v) is 6.57. The van der Waals surface area contributed by atoms with Crippen molar-refractivity contribution >= 4 is 11.0 Å². The van der Waals surface area contributed by atoms with Crippen LogP contribution in [0.4, 0.5) is 0 Å². The molecule has 0 aliphatic heterocycles. The fraction of sp³-hybridized carbons (Fsp3) is 0.273. The van der Waals surface area contributed by atoms with Gasteiger partial charge in [-0.1, -0.05) is 44.2 Å². The lowest BCUT2D eigenvalue weighted by Crippen LogP contribution is -2.03. The summed E-state index contributed by atoms with van der Waals surface area (Å²) in [6.45, 7) is 5.89. The van der Waals surface area contributed by atoms with E-state index in [1.807, 2.05) is 26.8 Å². The number of aromatic amines is 1. The van der Waals surface area contributed by atoms with Crippen LogP contribution in [0, 0.1) is 6.92 Å². The maximum atomic E-state index is 4.95. The summed E-state index contributed by atoms with van der Waals surface area (Å²) in [6.07, 6.45) is 3.87. The summed E-state index contributed by atoms with van der Waals surface area (Å²) in [5.41, 5.74) is 6.48. The Labute approximate surface area is 158 Å². The molecule has 3 aromatic heterocycles. The lowest BCUT2D eigenvalue weighted by molar-refractivity contribution is 0.715. The van der Waals surface area contributed by atoms with Crippen molar-refractivity contribution in [2.45, 2.75) is 39.5 Å². The zero-order chi connectivity index (χ0) is 18.8. The van der Waals surface area contributed by atoms with Crippen molar-refractivity contribution in [3.05, 3.63) is 71.3 Å². The first-order chi connectivity index (χ1) is 13.3. The lowest BCUT2D eigenvalue weighted by Gasteiger charge is -2.11. The van der Waals surface area contributed by atoms with Crippen LogP contribution in [0.15, 0.2) is 48.7 Å². The molecular weight excluding hydrogens is 334 g/mol. The number of hydrogen-bond acceptors (Lipinski definition) is 4. The number of aryl methyl sites for hydroxylation is 1. The average Bonchev–Trinajstić information content (AvgIpc) is 3.35. The van der Waals surface area contributed by atoms with Crippen molar-refractivity contribution in [3.8, 4) is 11.4 Å². The number of hydrogen-bond donors (Lipinski definition) is 1. The molecule has 0 radical (unpaired) electrons. The topological polar surface area (TPSA) is 67.3 Å². The minimum atomic E-state index is 0.431. The maximum Gasteiger partial charge on any atom is 0.159 e. The minimum absolute atomic E-state index is 0.431. The smallest absolute Gasteiger partial charge is 0.159 e. The lowest BCUT2D eigenvalue weighted by atomic mass is 10.0. The number of H-pyrrole nitrogens is 1. The molecule has 0 fully saturated rings. The van der Waals surface area contributed by atoms with E-state index < -0.39 is 0 Å². The van der Waals surface area contributed by atoms with Gasteiger partial charge in [0.25, 0.3) is 0 Å². The van der Waals surface area contributed by atoms with Crippen molar-refractivity contribution in [1.82, 2.24) is 25.1 Å². The van der Waals surface area contributed by atoms with E-state index in [0.29, 0.717) is 11.7 Å².